The molecule has 0 heterocycles. The zero-order chi connectivity index (χ0) is 14.6. The summed E-state index contributed by atoms with van der Waals surface area (Å²) in [6.07, 6.45) is 9.59. The maximum absolute atomic E-state index is 2.97. The number of allylic oxidation sites excluding steroid dienone is 2. The lowest BCUT2D eigenvalue weighted by Crippen LogP contribution is -3.27. The Balaban J connectivity index is 1.13. The highest BCUT2D eigenvalue weighted by Crippen LogP contribution is 3.30. The van der Waals surface area contributed by atoms with Crippen LogP contribution in [0.25, 0.3) is 0 Å². The summed E-state index contributed by atoms with van der Waals surface area (Å²) in [6.45, 7) is 0. The lowest BCUT2D eigenvalue weighted by molar-refractivity contribution is -0.838. The van der Waals surface area contributed by atoms with Crippen molar-refractivity contribution in [2.45, 2.75) is 25.7 Å². The Morgan fingerprint density at radius 2 is 1.16 bits per heavy atom. The number of rotatable bonds is 0. The molecule has 12 atom stereocenters. The smallest absolute Gasteiger partial charge is 0.00208 e. The topological polar surface area (TPSA) is 0 Å². The van der Waals surface area contributed by atoms with Crippen molar-refractivity contribution in [3.63, 3.8) is 0 Å². The Kier molecular flexibility index (Phi) is 0.702. The lowest BCUT2D eigenvalue weighted by atomic mass is 8.74. The fourth-order valence-corrected chi connectivity index (χ4v) is 19.8. The molecule has 0 aromatic heterocycles. The van der Waals surface area contributed by atoms with E-state index in [1.807, 2.05) is 5.57 Å². The summed E-state index contributed by atoms with van der Waals surface area (Å²) >= 11 is 0. The molecule has 14 aliphatic carbocycles. The highest BCUT2D eigenvalue weighted by Gasteiger charge is 3.28. The summed E-state index contributed by atoms with van der Waals surface area (Å²) in [6, 6.07) is 0. The van der Waals surface area contributed by atoms with E-state index in [1.165, 1.54) is 76.9 Å². The summed E-state index contributed by atoms with van der Waals surface area (Å²) in [5.74, 6) is 16.8. The van der Waals surface area contributed by atoms with Crippen LogP contribution in [0.1, 0.15) is 25.7 Å². The molecule has 0 aromatic carbocycles. The van der Waals surface area contributed by atoms with Gasteiger partial charge in [-0.25, -0.2) is 0 Å². The zero-order valence-electron chi connectivity index (χ0n) is 14.4. The van der Waals surface area contributed by atoms with Gasteiger partial charge in [0.25, 0.3) is 0 Å². The van der Waals surface area contributed by atoms with Crippen molar-refractivity contribution < 1.29 is 0 Å². The monoisotopic (exact) mass is 322 g/mol. The first-order chi connectivity index (χ1) is 12.4. The van der Waals surface area contributed by atoms with Gasteiger partial charge in [0.15, 0.2) is 0 Å². The third-order valence-electron chi connectivity index (χ3n) is 17.4. The van der Waals surface area contributed by atoms with Gasteiger partial charge < -0.3 is 0 Å². The zero-order valence-corrected chi connectivity index (χ0v) is 14.4. The Morgan fingerprint density at radius 3 is 1.76 bits per heavy atom. The van der Waals surface area contributed by atoms with Gasteiger partial charge in [-0.2, -0.15) is 0 Å². The molecular formula is C25H22. The van der Waals surface area contributed by atoms with Gasteiger partial charge in [0.1, 0.15) is 0 Å². The van der Waals surface area contributed by atoms with Crippen LogP contribution >= 0.6 is 0 Å². The van der Waals surface area contributed by atoms with Crippen molar-refractivity contribution in [1.29, 1.82) is 0 Å². The van der Waals surface area contributed by atoms with E-state index in [1.54, 1.807) is 25.7 Å². The van der Waals surface area contributed by atoms with Crippen LogP contribution in [0.5, 0.6) is 0 Å². The van der Waals surface area contributed by atoms with Gasteiger partial charge in [-0.15, -0.1) is 0 Å². The molecule has 0 heteroatoms. The average Bonchev–Trinajstić information content (AvgIpc) is 3.02. The number of hydrogen-bond acceptors (Lipinski definition) is 0. The number of fused-ring (bicyclic) bond motifs is 10. The Morgan fingerprint density at radius 1 is 0.600 bits per heavy atom. The SMILES string of the molecule is C1=C2CC3C4C5C6C7C8CC9CC%10C%11C%12C%13C%14C(C2)C13C4%14C5%13C6%12C7%11C98%10. The molecule has 0 N–H and O–H groups in total. The maximum Gasteiger partial charge on any atom is 0.00208 e. The van der Waals surface area contributed by atoms with Crippen LogP contribution < -0.4 is 0 Å². The predicted molar refractivity (Wildman–Crippen MR) is 86.5 cm³/mol. The molecule has 0 amide bonds. The van der Waals surface area contributed by atoms with Crippen LogP contribution in [-0.4, -0.2) is 0 Å². The molecule has 0 nitrogen and oxygen atoms in total. The van der Waals surface area contributed by atoms with Crippen molar-refractivity contribution >= 4 is 0 Å². The van der Waals surface area contributed by atoms with E-state index >= 15 is 0 Å². The highest BCUT2D eigenvalue weighted by molar-refractivity contribution is 5.75. The second kappa shape index (κ2) is 1.79. The summed E-state index contributed by atoms with van der Waals surface area (Å²) < 4.78 is 0. The van der Waals surface area contributed by atoms with Crippen molar-refractivity contribution in [2.75, 3.05) is 0 Å². The molecule has 12 unspecified atom stereocenters. The van der Waals surface area contributed by atoms with Gasteiger partial charge in [-0.05, 0) is 130 Å². The second-order valence-electron chi connectivity index (χ2n) is 14.4. The van der Waals surface area contributed by atoms with Gasteiger partial charge in [0.2, 0.25) is 0 Å². The van der Waals surface area contributed by atoms with Gasteiger partial charge in [0.05, 0.1) is 0 Å². The molecule has 6 spiro atoms. The summed E-state index contributed by atoms with van der Waals surface area (Å²) in [4.78, 5) is 0. The van der Waals surface area contributed by atoms with Crippen LogP contribution in [0.15, 0.2) is 11.6 Å². The van der Waals surface area contributed by atoms with Crippen LogP contribution in [0.3, 0.4) is 0 Å². The molecule has 0 saturated heterocycles. The van der Waals surface area contributed by atoms with Crippen LogP contribution in [-0.2, 0) is 0 Å². The Bertz CT molecular complexity index is 1050. The molecule has 14 aliphatic rings. The molecule has 0 aromatic rings. The average molecular weight is 322 g/mol. The van der Waals surface area contributed by atoms with E-state index in [0.717, 1.165) is 32.5 Å². The summed E-state index contributed by atoms with van der Waals surface area (Å²) in [5, 5.41) is 0. The normalized spacial score (nSPS) is 108. The summed E-state index contributed by atoms with van der Waals surface area (Å²) in [7, 11) is 0. The van der Waals surface area contributed by atoms with E-state index in [2.05, 4.69) is 6.08 Å². The molecule has 0 aliphatic heterocycles. The molecular weight excluding hydrogens is 300 g/mol. The standard InChI is InChI=1S/C25H22/c1-6-2-9-13-17-19-15-11-4-7-3-10-14-18-16-12-8(1)20(9,5-6)22(12,13)24(16,17)25(18,19)23(14,15)21(7,10)11/h5,7-19H,1-4H2. The largest absolute Gasteiger partial charge is 0.0779 e. The van der Waals surface area contributed by atoms with E-state index in [4.69, 9.17) is 0 Å². The van der Waals surface area contributed by atoms with Crippen LogP contribution in [0.4, 0.5) is 0 Å². The third kappa shape index (κ3) is 0.332. The predicted octanol–water partition coefficient (Wildman–Crippen LogP) is 3.59. The molecule has 12 saturated carbocycles. The summed E-state index contributed by atoms with van der Waals surface area (Å²) in [5.41, 5.74) is 8.07. The molecule has 14 rings (SSSR count). The van der Waals surface area contributed by atoms with E-state index < -0.39 is 0 Å². The first-order valence-electron chi connectivity index (χ1n) is 12.1. The minimum Gasteiger partial charge on any atom is -0.0779 e. The maximum atomic E-state index is 2.97. The first-order valence-corrected chi connectivity index (χ1v) is 12.1. The van der Waals surface area contributed by atoms with Crippen molar-refractivity contribution in [2.24, 2.45) is 109 Å². The van der Waals surface area contributed by atoms with Gasteiger partial charge in [-0.3, -0.25) is 0 Å². The fourth-order valence-electron chi connectivity index (χ4n) is 19.8. The van der Waals surface area contributed by atoms with Crippen LogP contribution in [0, 0.1) is 109 Å². The van der Waals surface area contributed by atoms with E-state index in [-0.39, 0.29) is 0 Å². The fraction of sp³-hybridized carbons (Fsp3) is 0.920. The van der Waals surface area contributed by atoms with Crippen LogP contribution in [0.2, 0.25) is 0 Å². The quantitative estimate of drug-likeness (QED) is 0.598. The van der Waals surface area contributed by atoms with Gasteiger partial charge in [-0.1, -0.05) is 11.6 Å². The Hall–Kier alpha value is -0.260. The minimum atomic E-state index is 0.866. The van der Waals surface area contributed by atoms with Crippen molar-refractivity contribution in [3.8, 4) is 0 Å². The molecule has 25 heavy (non-hydrogen) atoms. The van der Waals surface area contributed by atoms with E-state index in [9.17, 15) is 0 Å². The molecule has 122 valence electrons. The van der Waals surface area contributed by atoms with Gasteiger partial charge in [0, 0.05) is 5.41 Å². The number of hydrogen-bond donors (Lipinski definition) is 0. The third-order valence-corrected chi connectivity index (χ3v) is 17.4. The minimum absolute atomic E-state index is 0.866. The van der Waals surface area contributed by atoms with Crippen molar-refractivity contribution in [1.82, 2.24) is 0 Å². The molecule has 2 bridgehead atoms. The second-order valence-corrected chi connectivity index (χ2v) is 14.4. The van der Waals surface area contributed by atoms with E-state index in [0.29, 0.717) is 0 Å². The van der Waals surface area contributed by atoms with Crippen molar-refractivity contribution in [3.05, 3.63) is 11.6 Å². The first kappa shape index (κ1) is 9.79. The lowest BCUT2D eigenvalue weighted by Gasteiger charge is -3.29. The highest BCUT2D eigenvalue weighted by atomic mass is 15.3. The Labute approximate surface area is 147 Å². The molecule has 0 radical (unpaired) electrons. The molecule has 12 fully saturated rings. The van der Waals surface area contributed by atoms with Gasteiger partial charge >= 0.3 is 0 Å².